The maximum atomic E-state index is 14.3. The summed E-state index contributed by atoms with van der Waals surface area (Å²) in [7, 11) is 0. The smallest absolute Gasteiger partial charge is 0.243 e. The van der Waals surface area contributed by atoms with Crippen LogP contribution in [0, 0.1) is 12.3 Å². The summed E-state index contributed by atoms with van der Waals surface area (Å²) in [5.41, 5.74) is 3.64. The molecule has 17 nitrogen and oxygen atoms in total. The van der Waals surface area contributed by atoms with Crippen molar-refractivity contribution < 1.29 is 43.1 Å². The van der Waals surface area contributed by atoms with Gasteiger partial charge >= 0.3 is 0 Å². The number of rotatable bonds is 31. The second-order valence-electron chi connectivity index (χ2n) is 16.6. The molecular weight excluding hydrogens is 1100 g/mol. The highest BCUT2D eigenvalue weighted by Gasteiger charge is 2.30. The molecule has 70 heavy (non-hydrogen) atoms. The number of halogens is 3. The van der Waals surface area contributed by atoms with Gasteiger partial charge in [0.15, 0.2) is 0 Å². The summed E-state index contributed by atoms with van der Waals surface area (Å²) in [4.78, 5) is 107. The Morgan fingerprint density at radius 1 is 0.643 bits per heavy atom. The first-order valence-corrected chi connectivity index (χ1v) is 27.0. The van der Waals surface area contributed by atoms with Crippen LogP contribution in [0.3, 0.4) is 0 Å². The maximum Gasteiger partial charge on any atom is 0.243 e. The monoisotopic (exact) mass is 1160 g/mol. The molecule has 1 heterocycles. The van der Waals surface area contributed by atoms with E-state index >= 15 is 0 Å². The number of nitrogens with zero attached hydrogens (tertiary/aromatic N) is 1. The van der Waals surface area contributed by atoms with Crippen LogP contribution in [0.25, 0.3) is 6.08 Å². The molecule has 0 saturated heterocycles. The van der Waals surface area contributed by atoms with Crippen molar-refractivity contribution in [1.29, 1.82) is 0 Å². The zero-order valence-electron chi connectivity index (χ0n) is 39.8. The molecule has 1 aliphatic rings. The standard InChI is InChI=1S/C50H67Br3N8O9/c1-3-29-70-30-28-57-48(67)39(17-8-11-25-54-44(63)31-51)59-50(69)41(19-10-13-27-56-46(65)33-53)60-49(68)40(18-9-12-26-55-45(64)32-52)58-43(62)23-24-47(66)61-34-37-15-4-6-16-38(37)35(2)21-22-36-14-5-7-20-42(36)61/h1,4-7,14-16,20-22,35,39-41H,8-13,17-19,23-34H2,2H3,(H,54,63)(H,55,64)(H,56,65)(H,57,67)(H,58,62)(H,59,69)(H,60,68)/b22-21-. The van der Waals surface area contributed by atoms with Gasteiger partial charge in [0.05, 0.1) is 34.8 Å². The molecular formula is C50H67Br3N8O9. The lowest BCUT2D eigenvalue weighted by Crippen LogP contribution is -2.57. The average Bonchev–Trinajstić information content (AvgIpc) is 3.42. The molecule has 7 N–H and O–H groups in total. The Labute approximate surface area is 436 Å². The van der Waals surface area contributed by atoms with Crippen molar-refractivity contribution in [3.05, 3.63) is 71.3 Å². The van der Waals surface area contributed by atoms with Gasteiger partial charge in [-0.1, -0.05) is 115 Å². The largest absolute Gasteiger partial charge is 0.367 e. The number of alkyl halides is 3. The number of anilines is 1. The normalized spacial score (nSPS) is 14.5. The summed E-state index contributed by atoms with van der Waals surface area (Å²) in [6.45, 7) is 3.73. The Balaban J connectivity index is 1.83. The molecule has 0 aromatic heterocycles. The molecule has 382 valence electrons. The average molecular weight is 1160 g/mol. The lowest BCUT2D eigenvalue weighted by atomic mass is 9.95. The van der Waals surface area contributed by atoms with E-state index in [2.05, 4.69) is 104 Å². The molecule has 2 aromatic carbocycles. The molecule has 20 heteroatoms. The Bertz CT molecular complexity index is 2120. The van der Waals surface area contributed by atoms with Gasteiger partial charge in [-0.05, 0) is 86.5 Å². The number of hydrogen-bond acceptors (Lipinski definition) is 9. The number of nitrogens with one attached hydrogen (secondary N) is 7. The Morgan fingerprint density at radius 2 is 1.16 bits per heavy atom. The zero-order chi connectivity index (χ0) is 51.1. The Morgan fingerprint density at radius 3 is 1.71 bits per heavy atom. The first-order valence-electron chi connectivity index (χ1n) is 23.6. The molecule has 0 fully saturated rings. The third-order valence-electron chi connectivity index (χ3n) is 11.3. The van der Waals surface area contributed by atoms with Gasteiger partial charge < -0.3 is 46.9 Å². The minimum absolute atomic E-state index is 0.0606. The predicted molar refractivity (Wildman–Crippen MR) is 281 cm³/mol. The van der Waals surface area contributed by atoms with Crippen LogP contribution in [-0.2, 0) is 49.6 Å². The van der Waals surface area contributed by atoms with E-state index in [1.807, 2.05) is 54.6 Å². The predicted octanol–water partition coefficient (Wildman–Crippen LogP) is 4.39. The van der Waals surface area contributed by atoms with Crippen LogP contribution in [-0.4, -0.2) is 121 Å². The van der Waals surface area contributed by atoms with E-state index in [4.69, 9.17) is 11.2 Å². The van der Waals surface area contributed by atoms with Gasteiger partial charge in [-0.2, -0.15) is 0 Å². The van der Waals surface area contributed by atoms with E-state index in [0.29, 0.717) is 70.4 Å². The van der Waals surface area contributed by atoms with Crippen LogP contribution in [0.1, 0.15) is 100 Å². The van der Waals surface area contributed by atoms with E-state index in [0.717, 1.165) is 16.7 Å². The van der Waals surface area contributed by atoms with Crippen LogP contribution in [0.4, 0.5) is 5.69 Å². The summed E-state index contributed by atoms with van der Waals surface area (Å²) < 4.78 is 5.28. The van der Waals surface area contributed by atoms with Crippen molar-refractivity contribution in [2.24, 2.45) is 0 Å². The van der Waals surface area contributed by atoms with Gasteiger partial charge in [0, 0.05) is 39.0 Å². The Hall–Kier alpha value is -5.10. The van der Waals surface area contributed by atoms with Crippen LogP contribution in [0.5, 0.6) is 0 Å². The molecule has 4 unspecified atom stereocenters. The number of unbranched alkanes of at least 4 members (excludes halogenated alkanes) is 3. The lowest BCUT2D eigenvalue weighted by molar-refractivity contribution is -0.134. The van der Waals surface area contributed by atoms with Gasteiger partial charge in [0.2, 0.25) is 47.3 Å². The molecule has 0 aliphatic carbocycles. The topological polar surface area (TPSA) is 233 Å². The van der Waals surface area contributed by atoms with Gasteiger partial charge in [0.1, 0.15) is 24.7 Å². The number of amides is 8. The summed E-state index contributed by atoms with van der Waals surface area (Å²) in [5.74, 6) is -0.761. The van der Waals surface area contributed by atoms with Crippen molar-refractivity contribution >= 4 is 107 Å². The van der Waals surface area contributed by atoms with E-state index in [9.17, 15) is 38.4 Å². The fourth-order valence-electron chi connectivity index (χ4n) is 7.55. The molecule has 8 amide bonds. The van der Waals surface area contributed by atoms with Gasteiger partial charge in [-0.15, -0.1) is 6.42 Å². The van der Waals surface area contributed by atoms with Gasteiger partial charge in [-0.3, -0.25) is 38.4 Å². The highest BCUT2D eigenvalue weighted by Crippen LogP contribution is 2.31. The number of carbonyl (C=O) groups excluding carboxylic acids is 8. The summed E-state index contributed by atoms with van der Waals surface area (Å²) in [6.07, 6.45) is 12.2. The SMILES string of the molecule is C#CCOCCNC(=O)C(CCCCNC(=O)CBr)NC(=O)C(CCCCNC(=O)CBr)NC(=O)C(CCCCNC(=O)CBr)NC(=O)CCC(=O)N1Cc2ccccc2C(C)/C=C\c2ccccc21. The molecule has 0 radical (unpaired) electrons. The fourth-order valence-corrected chi connectivity index (χ4v) is 8.14. The summed E-state index contributed by atoms with van der Waals surface area (Å²) >= 11 is 9.36. The number of hydrogen-bond donors (Lipinski definition) is 7. The first-order chi connectivity index (χ1) is 33.8. The molecule has 0 spiro atoms. The number of benzene rings is 2. The molecule has 4 atom stereocenters. The number of fused-ring (bicyclic) bond motifs is 2. The van der Waals surface area contributed by atoms with Gasteiger partial charge in [-0.25, -0.2) is 0 Å². The number of ether oxygens (including phenoxy) is 1. The first kappa shape index (κ1) is 59.2. The summed E-state index contributed by atoms with van der Waals surface area (Å²) in [6, 6.07) is 12.2. The van der Waals surface area contributed by atoms with E-state index in [1.54, 1.807) is 4.90 Å². The molecule has 1 aliphatic heterocycles. The van der Waals surface area contributed by atoms with Gasteiger partial charge in [0.25, 0.3) is 0 Å². The quantitative estimate of drug-likeness (QED) is 0.0322. The van der Waals surface area contributed by atoms with Crippen LogP contribution in [0.15, 0.2) is 54.6 Å². The Kier molecular flexibility index (Phi) is 29.0. The van der Waals surface area contributed by atoms with E-state index < -0.39 is 41.8 Å². The number of carbonyl (C=O) groups is 8. The van der Waals surface area contributed by atoms with Crippen molar-refractivity contribution in [2.45, 2.75) is 108 Å². The minimum atomic E-state index is -1.16. The van der Waals surface area contributed by atoms with E-state index in [1.165, 1.54) is 0 Å². The van der Waals surface area contributed by atoms with E-state index in [-0.39, 0.29) is 97.4 Å². The number of para-hydroxylation sites is 1. The van der Waals surface area contributed by atoms with Crippen molar-refractivity contribution in [1.82, 2.24) is 37.2 Å². The highest BCUT2D eigenvalue weighted by molar-refractivity contribution is 9.09. The van der Waals surface area contributed by atoms with Crippen LogP contribution < -0.4 is 42.1 Å². The van der Waals surface area contributed by atoms with Crippen molar-refractivity contribution in [2.75, 3.05) is 60.3 Å². The van der Waals surface area contributed by atoms with Crippen LogP contribution >= 0.6 is 47.8 Å². The van der Waals surface area contributed by atoms with Crippen molar-refractivity contribution in [3.8, 4) is 12.3 Å². The number of allylic oxidation sites excluding steroid dienone is 1. The summed E-state index contributed by atoms with van der Waals surface area (Å²) in [5, 5.41) is 19.9. The molecule has 2 aromatic rings. The third-order valence-corrected chi connectivity index (χ3v) is 12.8. The second-order valence-corrected chi connectivity index (χ2v) is 18.3. The minimum Gasteiger partial charge on any atom is -0.367 e. The van der Waals surface area contributed by atoms with Crippen molar-refractivity contribution in [3.63, 3.8) is 0 Å². The third kappa shape index (κ3) is 22.3. The number of terminal acetylenes is 1. The second kappa shape index (κ2) is 34.3. The fraction of sp³-hybridized carbons (Fsp3) is 0.520. The molecule has 0 saturated carbocycles. The van der Waals surface area contributed by atoms with Crippen LogP contribution in [0.2, 0.25) is 0 Å². The molecule has 3 rings (SSSR count). The zero-order valence-corrected chi connectivity index (χ0v) is 44.5. The molecule has 0 bridgehead atoms. The maximum absolute atomic E-state index is 14.3. The highest BCUT2D eigenvalue weighted by atomic mass is 79.9. The lowest BCUT2D eigenvalue weighted by Gasteiger charge is -2.26.